The summed E-state index contributed by atoms with van der Waals surface area (Å²) in [6.45, 7) is 1.87. The molecule has 23 heavy (non-hydrogen) atoms. The van der Waals surface area contributed by atoms with Gasteiger partial charge in [0.2, 0.25) is 5.91 Å². The van der Waals surface area contributed by atoms with Crippen molar-refractivity contribution in [1.82, 2.24) is 0 Å². The fraction of sp³-hybridized carbons (Fsp3) is 0.235. The van der Waals surface area contributed by atoms with E-state index < -0.39 is 32.2 Å². The first-order valence-electron chi connectivity index (χ1n) is 7.27. The van der Waals surface area contributed by atoms with Crippen molar-refractivity contribution in [3.63, 3.8) is 0 Å². The molecule has 0 spiro atoms. The molecule has 6 heteroatoms. The van der Waals surface area contributed by atoms with Crippen molar-refractivity contribution in [3.05, 3.63) is 59.9 Å². The lowest BCUT2D eigenvalue weighted by atomic mass is 10.1. The Hall–Kier alpha value is -2.21. The number of para-hydroxylation sites is 1. The van der Waals surface area contributed by atoms with Crippen LogP contribution >= 0.6 is 0 Å². The zero-order chi connectivity index (χ0) is 16.6. The van der Waals surface area contributed by atoms with Crippen molar-refractivity contribution in [2.45, 2.75) is 24.3 Å². The van der Waals surface area contributed by atoms with Crippen LogP contribution in [0.3, 0.4) is 0 Å². The second-order valence-electron chi connectivity index (χ2n) is 5.64. The maximum Gasteiger partial charge on any atom is 0.242 e. The standard InChI is InChI=1S/C17H16FNO3S/c1-12-10-13-6-2-4-8-15(13)19(12)17(20)11-23(21,22)16-9-5-3-7-14(16)18/h2-9,12H,10-11H2,1H3/t12-/m0/s1. The highest BCUT2D eigenvalue weighted by Gasteiger charge is 2.33. The van der Waals surface area contributed by atoms with E-state index in [1.807, 2.05) is 25.1 Å². The Morgan fingerprint density at radius 1 is 1.17 bits per heavy atom. The van der Waals surface area contributed by atoms with Crippen molar-refractivity contribution in [2.75, 3.05) is 10.7 Å². The van der Waals surface area contributed by atoms with Gasteiger partial charge in [-0.25, -0.2) is 12.8 Å². The lowest BCUT2D eigenvalue weighted by Gasteiger charge is -2.22. The van der Waals surface area contributed by atoms with Gasteiger partial charge < -0.3 is 4.90 Å². The van der Waals surface area contributed by atoms with E-state index in [9.17, 15) is 17.6 Å². The molecule has 1 heterocycles. The van der Waals surface area contributed by atoms with Crippen LogP contribution in [0.25, 0.3) is 0 Å². The number of benzene rings is 2. The summed E-state index contributed by atoms with van der Waals surface area (Å²) in [7, 11) is -4.02. The van der Waals surface area contributed by atoms with E-state index in [2.05, 4.69) is 0 Å². The summed E-state index contributed by atoms with van der Waals surface area (Å²) in [6.07, 6.45) is 0.682. The van der Waals surface area contributed by atoms with Crippen LogP contribution in [-0.4, -0.2) is 26.1 Å². The highest BCUT2D eigenvalue weighted by atomic mass is 32.2. The van der Waals surface area contributed by atoms with Gasteiger partial charge in [-0.05, 0) is 37.1 Å². The zero-order valence-electron chi connectivity index (χ0n) is 12.6. The van der Waals surface area contributed by atoms with Crippen LogP contribution in [0.15, 0.2) is 53.4 Å². The minimum atomic E-state index is -4.02. The Balaban J connectivity index is 1.89. The number of anilines is 1. The maximum absolute atomic E-state index is 13.7. The molecule has 0 saturated heterocycles. The first-order valence-corrected chi connectivity index (χ1v) is 8.92. The van der Waals surface area contributed by atoms with Gasteiger partial charge >= 0.3 is 0 Å². The van der Waals surface area contributed by atoms with E-state index in [4.69, 9.17) is 0 Å². The topological polar surface area (TPSA) is 54.5 Å². The highest BCUT2D eigenvalue weighted by molar-refractivity contribution is 7.92. The molecule has 0 radical (unpaired) electrons. The molecule has 120 valence electrons. The number of carbonyl (C=O) groups is 1. The molecule has 0 aliphatic carbocycles. The minimum absolute atomic E-state index is 0.115. The second kappa shape index (κ2) is 5.77. The molecule has 2 aromatic carbocycles. The quantitative estimate of drug-likeness (QED) is 0.867. The molecule has 0 aromatic heterocycles. The Labute approximate surface area is 134 Å². The Morgan fingerprint density at radius 2 is 1.83 bits per heavy atom. The van der Waals surface area contributed by atoms with Gasteiger partial charge in [0.25, 0.3) is 0 Å². The Bertz CT molecular complexity index is 864. The molecule has 2 aromatic rings. The van der Waals surface area contributed by atoms with E-state index in [1.54, 1.807) is 6.07 Å². The third-order valence-electron chi connectivity index (χ3n) is 3.96. The fourth-order valence-corrected chi connectivity index (χ4v) is 4.22. The number of carbonyl (C=O) groups excluding carboxylic acids is 1. The SMILES string of the molecule is C[C@H]1Cc2ccccc2N1C(=O)CS(=O)(=O)c1ccccc1F. The van der Waals surface area contributed by atoms with Crippen LogP contribution in [0.4, 0.5) is 10.1 Å². The molecular formula is C17H16FNO3S. The third-order valence-corrected chi connectivity index (χ3v) is 5.59. The van der Waals surface area contributed by atoms with Crippen LogP contribution in [-0.2, 0) is 21.1 Å². The van der Waals surface area contributed by atoms with Gasteiger partial charge in [-0.2, -0.15) is 0 Å². The van der Waals surface area contributed by atoms with Crippen LogP contribution in [0.5, 0.6) is 0 Å². The maximum atomic E-state index is 13.7. The van der Waals surface area contributed by atoms with Crippen LogP contribution in [0.1, 0.15) is 12.5 Å². The molecule has 0 unspecified atom stereocenters. The molecule has 1 aliphatic rings. The molecule has 0 saturated carbocycles. The second-order valence-corrected chi connectivity index (χ2v) is 7.59. The number of rotatable bonds is 3. The molecule has 1 atom stereocenters. The van der Waals surface area contributed by atoms with E-state index in [0.29, 0.717) is 6.42 Å². The van der Waals surface area contributed by atoms with Crippen LogP contribution in [0.2, 0.25) is 0 Å². The predicted molar refractivity (Wildman–Crippen MR) is 85.5 cm³/mol. The van der Waals surface area contributed by atoms with E-state index in [1.165, 1.54) is 23.1 Å². The van der Waals surface area contributed by atoms with Gasteiger partial charge in [-0.1, -0.05) is 30.3 Å². The van der Waals surface area contributed by atoms with Crippen LogP contribution < -0.4 is 4.90 Å². The van der Waals surface area contributed by atoms with Crippen molar-refractivity contribution in [1.29, 1.82) is 0 Å². The molecule has 0 bridgehead atoms. The zero-order valence-corrected chi connectivity index (χ0v) is 13.4. The van der Waals surface area contributed by atoms with E-state index in [0.717, 1.165) is 17.3 Å². The molecule has 3 rings (SSSR count). The first-order chi connectivity index (χ1) is 10.9. The monoisotopic (exact) mass is 333 g/mol. The fourth-order valence-electron chi connectivity index (χ4n) is 2.95. The van der Waals surface area contributed by atoms with Gasteiger partial charge in [0.1, 0.15) is 16.5 Å². The van der Waals surface area contributed by atoms with Gasteiger partial charge in [-0.15, -0.1) is 0 Å². The normalized spacial score (nSPS) is 17.1. The van der Waals surface area contributed by atoms with Gasteiger partial charge in [0.15, 0.2) is 9.84 Å². The van der Waals surface area contributed by atoms with Gasteiger partial charge in [-0.3, -0.25) is 4.79 Å². The smallest absolute Gasteiger partial charge is 0.242 e. The largest absolute Gasteiger partial charge is 0.308 e. The first kappa shape index (κ1) is 15.7. The number of sulfone groups is 1. The molecule has 4 nitrogen and oxygen atoms in total. The summed E-state index contributed by atoms with van der Waals surface area (Å²) >= 11 is 0. The molecule has 0 fully saturated rings. The Morgan fingerprint density at radius 3 is 2.57 bits per heavy atom. The van der Waals surface area contributed by atoms with E-state index in [-0.39, 0.29) is 6.04 Å². The van der Waals surface area contributed by atoms with Crippen LogP contribution in [0, 0.1) is 5.82 Å². The van der Waals surface area contributed by atoms with Crippen molar-refractivity contribution < 1.29 is 17.6 Å². The number of halogens is 1. The lowest BCUT2D eigenvalue weighted by Crippen LogP contribution is -2.39. The van der Waals surface area contributed by atoms with Gasteiger partial charge in [0, 0.05) is 11.7 Å². The average molecular weight is 333 g/mol. The predicted octanol–water partition coefficient (Wildman–Crippen LogP) is 2.58. The average Bonchev–Trinajstić information content (AvgIpc) is 2.82. The summed E-state index contributed by atoms with van der Waals surface area (Å²) in [4.78, 5) is 13.6. The van der Waals surface area contributed by atoms with Gasteiger partial charge in [0.05, 0.1) is 0 Å². The highest BCUT2D eigenvalue weighted by Crippen LogP contribution is 2.32. The number of fused-ring (bicyclic) bond motifs is 1. The summed E-state index contributed by atoms with van der Waals surface area (Å²) in [5.74, 6) is -2.12. The van der Waals surface area contributed by atoms with Crippen molar-refractivity contribution >= 4 is 21.4 Å². The molecule has 0 N–H and O–H groups in total. The number of nitrogens with zero attached hydrogens (tertiary/aromatic N) is 1. The summed E-state index contributed by atoms with van der Waals surface area (Å²) in [5, 5.41) is 0. The van der Waals surface area contributed by atoms with Crippen molar-refractivity contribution in [3.8, 4) is 0 Å². The number of hydrogen-bond donors (Lipinski definition) is 0. The minimum Gasteiger partial charge on any atom is -0.308 e. The third kappa shape index (κ3) is 2.86. The summed E-state index contributed by atoms with van der Waals surface area (Å²) < 4.78 is 38.4. The summed E-state index contributed by atoms with van der Waals surface area (Å²) in [5.41, 5.74) is 1.74. The van der Waals surface area contributed by atoms with Crippen molar-refractivity contribution in [2.24, 2.45) is 0 Å². The number of hydrogen-bond acceptors (Lipinski definition) is 3. The molecule has 1 amide bonds. The summed E-state index contributed by atoms with van der Waals surface area (Å²) in [6, 6.07) is 12.4. The molecule has 1 aliphatic heterocycles. The lowest BCUT2D eigenvalue weighted by molar-refractivity contribution is -0.116. The number of amides is 1. The molecular weight excluding hydrogens is 317 g/mol. The Kier molecular flexibility index (Phi) is 3.93. The van der Waals surface area contributed by atoms with E-state index >= 15 is 0 Å².